The van der Waals surface area contributed by atoms with Crippen molar-refractivity contribution in [2.45, 2.75) is 69.3 Å². The maximum Gasteiger partial charge on any atom is 0.339 e. The predicted octanol–water partition coefficient (Wildman–Crippen LogP) is 5.14. The molecule has 3 aromatic rings. The molecule has 9 heteroatoms. The van der Waals surface area contributed by atoms with E-state index < -0.39 is 11.2 Å². The number of ketones is 1. The average molecular weight is 457 g/mol. The highest BCUT2D eigenvalue weighted by atomic mass is 32.2. The summed E-state index contributed by atoms with van der Waals surface area (Å²) in [6.07, 6.45) is 7.30. The van der Waals surface area contributed by atoms with Crippen LogP contribution in [-0.4, -0.2) is 43.9 Å². The zero-order valence-corrected chi connectivity index (χ0v) is 19.6. The van der Waals surface area contributed by atoms with E-state index in [0.717, 1.165) is 25.7 Å². The van der Waals surface area contributed by atoms with Gasteiger partial charge >= 0.3 is 5.97 Å². The number of rotatable bonds is 7. The van der Waals surface area contributed by atoms with Gasteiger partial charge in [-0.3, -0.25) is 9.36 Å². The molecule has 32 heavy (non-hydrogen) atoms. The fourth-order valence-electron chi connectivity index (χ4n) is 4.42. The van der Waals surface area contributed by atoms with Gasteiger partial charge in [0.1, 0.15) is 0 Å². The number of thioether (sulfide) groups is 1. The molecule has 1 aliphatic carbocycles. The number of carbonyl (C=O) groups is 2. The summed E-state index contributed by atoms with van der Waals surface area (Å²) in [5.41, 5.74) is 2.08. The fourth-order valence-corrected chi connectivity index (χ4v) is 5.40. The molecule has 0 spiro atoms. The molecule has 3 heterocycles. The summed E-state index contributed by atoms with van der Waals surface area (Å²) in [6.45, 7) is 5.38. The molecule has 1 atom stereocenters. The number of H-pyrrole nitrogens is 1. The van der Waals surface area contributed by atoms with Crippen LogP contribution in [0.4, 0.5) is 0 Å². The molecule has 0 amide bonds. The van der Waals surface area contributed by atoms with Crippen molar-refractivity contribution in [3.63, 3.8) is 0 Å². The number of nitrogens with zero attached hydrogens (tertiary/aromatic N) is 3. The van der Waals surface area contributed by atoms with Crippen molar-refractivity contribution >= 4 is 23.5 Å². The van der Waals surface area contributed by atoms with Crippen molar-refractivity contribution in [1.29, 1.82) is 0 Å². The van der Waals surface area contributed by atoms with Gasteiger partial charge in [-0.25, -0.2) is 4.79 Å². The van der Waals surface area contributed by atoms with E-state index in [2.05, 4.69) is 19.7 Å². The second-order valence-electron chi connectivity index (χ2n) is 8.19. The molecule has 170 valence electrons. The Morgan fingerprint density at radius 1 is 1.25 bits per heavy atom. The molecular weight excluding hydrogens is 428 g/mol. The van der Waals surface area contributed by atoms with Crippen molar-refractivity contribution in [2.24, 2.45) is 0 Å². The van der Waals surface area contributed by atoms with Gasteiger partial charge in [-0.15, -0.1) is 10.2 Å². The molecule has 0 radical (unpaired) electrons. The van der Waals surface area contributed by atoms with Crippen molar-refractivity contribution < 1.29 is 18.7 Å². The van der Waals surface area contributed by atoms with Crippen LogP contribution in [0.3, 0.4) is 0 Å². The Morgan fingerprint density at radius 3 is 2.66 bits per heavy atom. The van der Waals surface area contributed by atoms with E-state index >= 15 is 0 Å². The lowest BCUT2D eigenvalue weighted by atomic mass is 9.95. The van der Waals surface area contributed by atoms with Crippen LogP contribution in [0.2, 0.25) is 0 Å². The third-order valence-electron chi connectivity index (χ3n) is 6.07. The molecule has 1 saturated carbocycles. The molecule has 4 rings (SSSR count). The minimum atomic E-state index is -0.448. The van der Waals surface area contributed by atoms with Gasteiger partial charge in [0.05, 0.1) is 29.9 Å². The number of Topliss-reactive ketones (excluding diaryl/α,β-unsaturated/α-hetero) is 1. The number of hydrogen-bond acceptors (Lipinski definition) is 7. The molecular formula is C23H28N4O4S. The summed E-state index contributed by atoms with van der Waals surface area (Å²) in [5, 5.41) is 9.12. The highest BCUT2D eigenvalue weighted by Gasteiger charge is 2.30. The van der Waals surface area contributed by atoms with E-state index in [1.165, 1.54) is 25.3 Å². The Balaban J connectivity index is 1.63. The number of furan rings is 1. The summed E-state index contributed by atoms with van der Waals surface area (Å²) in [5.74, 6) is 0.829. The van der Waals surface area contributed by atoms with E-state index in [1.54, 1.807) is 20.1 Å². The first-order valence-electron chi connectivity index (χ1n) is 10.9. The molecule has 0 aliphatic heterocycles. The van der Waals surface area contributed by atoms with Crippen LogP contribution in [0.25, 0.3) is 11.6 Å². The lowest BCUT2D eigenvalue weighted by Gasteiger charge is -2.25. The molecule has 0 bridgehead atoms. The number of methoxy groups -OCH3 is 1. The van der Waals surface area contributed by atoms with E-state index in [-0.39, 0.29) is 11.8 Å². The zero-order valence-electron chi connectivity index (χ0n) is 18.8. The van der Waals surface area contributed by atoms with Gasteiger partial charge in [0.2, 0.25) is 5.82 Å². The number of nitrogens with one attached hydrogen (secondary N) is 1. The van der Waals surface area contributed by atoms with E-state index in [4.69, 9.17) is 9.15 Å². The Hall–Kier alpha value is -2.81. The number of carbonyl (C=O) groups excluding carboxylic acids is 2. The van der Waals surface area contributed by atoms with Gasteiger partial charge in [-0.2, -0.15) is 0 Å². The van der Waals surface area contributed by atoms with Crippen molar-refractivity contribution in [3.05, 3.63) is 40.9 Å². The van der Waals surface area contributed by atoms with Gasteiger partial charge in [0.25, 0.3) is 0 Å². The SMILES string of the molecule is COC(=O)c1c(C)[nH]c(C(=O)C(C)Sc2nnc(-c3ccco3)n2C2CCCCC2)c1C. The summed E-state index contributed by atoms with van der Waals surface area (Å²) >= 11 is 1.38. The molecule has 1 fully saturated rings. The van der Waals surface area contributed by atoms with Crippen molar-refractivity contribution in [1.82, 2.24) is 19.7 Å². The predicted molar refractivity (Wildman–Crippen MR) is 121 cm³/mol. The molecule has 0 aromatic carbocycles. The minimum Gasteiger partial charge on any atom is -0.465 e. The third-order valence-corrected chi connectivity index (χ3v) is 7.13. The second-order valence-corrected chi connectivity index (χ2v) is 9.49. The number of aromatic amines is 1. The quantitative estimate of drug-likeness (QED) is 0.298. The lowest BCUT2D eigenvalue weighted by molar-refractivity contribution is 0.0599. The fraction of sp³-hybridized carbons (Fsp3) is 0.478. The molecule has 1 N–H and O–H groups in total. The Kier molecular flexibility index (Phi) is 6.55. The third kappa shape index (κ3) is 4.13. The van der Waals surface area contributed by atoms with Gasteiger partial charge in [-0.05, 0) is 51.3 Å². The highest BCUT2D eigenvalue weighted by molar-refractivity contribution is 8.00. The minimum absolute atomic E-state index is 0.0940. The van der Waals surface area contributed by atoms with Gasteiger partial charge < -0.3 is 14.1 Å². The molecule has 0 saturated heterocycles. The monoisotopic (exact) mass is 456 g/mol. The lowest BCUT2D eigenvalue weighted by Crippen LogP contribution is -2.19. The summed E-state index contributed by atoms with van der Waals surface area (Å²) in [4.78, 5) is 28.5. The smallest absolute Gasteiger partial charge is 0.339 e. The maximum absolute atomic E-state index is 13.3. The van der Waals surface area contributed by atoms with Crippen LogP contribution in [0, 0.1) is 13.8 Å². The highest BCUT2D eigenvalue weighted by Crippen LogP contribution is 2.37. The molecule has 1 aliphatic rings. The van der Waals surface area contributed by atoms with Crippen LogP contribution in [0.1, 0.15) is 77.2 Å². The Labute approximate surface area is 191 Å². The Morgan fingerprint density at radius 2 is 2.00 bits per heavy atom. The maximum atomic E-state index is 13.3. The van der Waals surface area contributed by atoms with E-state index in [9.17, 15) is 9.59 Å². The number of hydrogen-bond donors (Lipinski definition) is 1. The topological polar surface area (TPSA) is 103 Å². The van der Waals surface area contributed by atoms with Crippen LogP contribution in [0.15, 0.2) is 28.0 Å². The van der Waals surface area contributed by atoms with Crippen LogP contribution >= 0.6 is 11.8 Å². The largest absolute Gasteiger partial charge is 0.465 e. The van der Waals surface area contributed by atoms with E-state index in [0.29, 0.717) is 39.3 Å². The summed E-state index contributed by atoms with van der Waals surface area (Å²) in [7, 11) is 1.34. The van der Waals surface area contributed by atoms with Gasteiger partial charge in [0.15, 0.2) is 16.7 Å². The molecule has 8 nitrogen and oxygen atoms in total. The van der Waals surface area contributed by atoms with Crippen molar-refractivity contribution in [3.8, 4) is 11.6 Å². The molecule has 3 aromatic heterocycles. The standard InChI is InChI=1S/C23H28N4O4S/c1-13-18(22(29)30-4)14(2)24-19(13)20(28)15(3)32-23-26-25-21(17-11-8-12-31-17)27(23)16-9-6-5-7-10-16/h8,11-12,15-16,24H,5-7,9-10H2,1-4H3. The Bertz CT molecular complexity index is 1110. The number of aromatic nitrogens is 4. The first kappa shape index (κ1) is 22.4. The van der Waals surface area contributed by atoms with Crippen molar-refractivity contribution in [2.75, 3.05) is 7.11 Å². The number of esters is 1. The first-order chi connectivity index (χ1) is 15.4. The van der Waals surface area contributed by atoms with E-state index in [1.807, 2.05) is 19.1 Å². The number of ether oxygens (including phenoxy) is 1. The summed E-state index contributed by atoms with van der Waals surface area (Å²) < 4.78 is 12.6. The van der Waals surface area contributed by atoms with Gasteiger partial charge in [0, 0.05) is 11.7 Å². The van der Waals surface area contributed by atoms with Gasteiger partial charge in [-0.1, -0.05) is 31.0 Å². The average Bonchev–Trinajstić information content (AvgIpc) is 3.52. The second kappa shape index (κ2) is 9.36. The van der Waals surface area contributed by atoms with Crippen LogP contribution in [0.5, 0.6) is 0 Å². The molecule has 1 unspecified atom stereocenters. The van der Waals surface area contributed by atoms with Crippen LogP contribution in [-0.2, 0) is 4.74 Å². The zero-order chi connectivity index (χ0) is 22.8. The summed E-state index contributed by atoms with van der Waals surface area (Å²) in [6, 6.07) is 4.00. The van der Waals surface area contributed by atoms with Crippen LogP contribution < -0.4 is 0 Å². The number of aryl methyl sites for hydroxylation is 1. The normalized spacial score (nSPS) is 15.6. The first-order valence-corrected chi connectivity index (χ1v) is 11.8.